The highest BCUT2D eigenvalue weighted by Crippen LogP contribution is 2.19. The van der Waals surface area contributed by atoms with Crippen LogP contribution in [0, 0.1) is 5.82 Å². The van der Waals surface area contributed by atoms with Gasteiger partial charge in [0.15, 0.2) is 0 Å². The molecule has 0 aliphatic carbocycles. The van der Waals surface area contributed by atoms with E-state index in [9.17, 15) is 9.50 Å². The van der Waals surface area contributed by atoms with Gasteiger partial charge in [0.25, 0.3) is 0 Å². The van der Waals surface area contributed by atoms with Gasteiger partial charge in [0.2, 0.25) is 0 Å². The molecule has 0 aromatic heterocycles. The van der Waals surface area contributed by atoms with Crippen LogP contribution < -0.4 is 5.32 Å². The number of aliphatic hydroxyl groups excluding tert-OH is 1. The van der Waals surface area contributed by atoms with Gasteiger partial charge in [-0.1, -0.05) is 6.92 Å². The summed E-state index contributed by atoms with van der Waals surface area (Å²) in [6, 6.07) is 4.67. The van der Waals surface area contributed by atoms with E-state index in [0.717, 1.165) is 5.69 Å². The minimum atomic E-state index is -0.362. The van der Waals surface area contributed by atoms with Crippen molar-refractivity contribution in [2.24, 2.45) is 0 Å². The molecule has 0 spiro atoms. The van der Waals surface area contributed by atoms with Gasteiger partial charge in [0, 0.05) is 12.2 Å². The van der Waals surface area contributed by atoms with E-state index >= 15 is 0 Å². The molecule has 2 nitrogen and oxygen atoms in total. The van der Waals surface area contributed by atoms with Crippen LogP contribution in [0.5, 0.6) is 0 Å². The molecule has 0 saturated heterocycles. The van der Waals surface area contributed by atoms with Crippen LogP contribution in [0.15, 0.2) is 22.7 Å². The molecule has 14 heavy (non-hydrogen) atoms. The van der Waals surface area contributed by atoms with Crippen LogP contribution in [0.2, 0.25) is 0 Å². The highest BCUT2D eigenvalue weighted by molar-refractivity contribution is 9.10. The molecule has 0 aliphatic rings. The van der Waals surface area contributed by atoms with E-state index in [2.05, 4.69) is 21.2 Å². The van der Waals surface area contributed by atoms with Gasteiger partial charge in [-0.25, -0.2) is 4.39 Å². The van der Waals surface area contributed by atoms with Gasteiger partial charge in [0.1, 0.15) is 5.82 Å². The van der Waals surface area contributed by atoms with Crippen molar-refractivity contribution in [1.82, 2.24) is 0 Å². The van der Waals surface area contributed by atoms with E-state index in [4.69, 9.17) is 0 Å². The zero-order valence-electron chi connectivity index (χ0n) is 7.93. The maximum Gasteiger partial charge on any atom is 0.137 e. The number of benzene rings is 1. The number of aliphatic hydroxyl groups is 1. The molecule has 0 aliphatic heterocycles. The first-order valence-electron chi connectivity index (χ1n) is 4.50. The van der Waals surface area contributed by atoms with Crippen LogP contribution in [0.3, 0.4) is 0 Å². The Morgan fingerprint density at radius 1 is 1.57 bits per heavy atom. The van der Waals surface area contributed by atoms with Crippen LogP contribution in [0.1, 0.15) is 13.3 Å². The molecule has 1 aromatic rings. The molecule has 0 heterocycles. The molecule has 78 valence electrons. The van der Waals surface area contributed by atoms with Crippen LogP contribution in [0.4, 0.5) is 10.1 Å². The topological polar surface area (TPSA) is 32.3 Å². The molecule has 1 atom stereocenters. The van der Waals surface area contributed by atoms with Crippen molar-refractivity contribution in [2.45, 2.75) is 19.4 Å². The van der Waals surface area contributed by atoms with Crippen LogP contribution in [0.25, 0.3) is 0 Å². The molecule has 0 fully saturated rings. The molecule has 0 bridgehead atoms. The molecule has 1 aromatic carbocycles. The molecular formula is C10H13BrFNO. The van der Waals surface area contributed by atoms with E-state index in [1.165, 1.54) is 6.07 Å². The smallest absolute Gasteiger partial charge is 0.137 e. The molecule has 0 amide bonds. The minimum Gasteiger partial charge on any atom is -0.391 e. The summed E-state index contributed by atoms with van der Waals surface area (Å²) in [7, 11) is 0. The fourth-order valence-corrected chi connectivity index (χ4v) is 1.36. The number of nitrogens with one attached hydrogen (secondary N) is 1. The summed E-state index contributed by atoms with van der Waals surface area (Å²) in [4.78, 5) is 0. The lowest BCUT2D eigenvalue weighted by atomic mass is 10.2. The Labute approximate surface area is 91.3 Å². The monoisotopic (exact) mass is 261 g/mol. The Hall–Kier alpha value is -0.610. The van der Waals surface area contributed by atoms with Gasteiger partial charge in [-0.2, -0.15) is 0 Å². The van der Waals surface area contributed by atoms with Crippen LogP contribution in [-0.4, -0.2) is 17.8 Å². The van der Waals surface area contributed by atoms with Gasteiger partial charge >= 0.3 is 0 Å². The Morgan fingerprint density at radius 2 is 2.29 bits per heavy atom. The number of hydrogen-bond acceptors (Lipinski definition) is 2. The lowest BCUT2D eigenvalue weighted by molar-refractivity contribution is 0.183. The SMILES string of the molecule is CC[C@H](O)CNc1ccc(F)c(Br)c1. The third kappa shape index (κ3) is 3.27. The summed E-state index contributed by atoms with van der Waals surface area (Å²) in [5.74, 6) is -0.286. The fraction of sp³-hybridized carbons (Fsp3) is 0.400. The Morgan fingerprint density at radius 3 is 2.86 bits per heavy atom. The van der Waals surface area contributed by atoms with Gasteiger partial charge in [-0.15, -0.1) is 0 Å². The van der Waals surface area contributed by atoms with Gasteiger partial charge in [-0.3, -0.25) is 0 Å². The van der Waals surface area contributed by atoms with E-state index in [0.29, 0.717) is 17.4 Å². The number of rotatable bonds is 4. The standard InChI is InChI=1S/C10H13BrFNO/c1-2-8(14)6-13-7-3-4-10(12)9(11)5-7/h3-5,8,13-14H,2,6H2,1H3/t8-/m0/s1. The zero-order valence-corrected chi connectivity index (χ0v) is 9.51. The second kappa shape index (κ2) is 5.32. The first-order valence-corrected chi connectivity index (χ1v) is 5.29. The summed E-state index contributed by atoms with van der Waals surface area (Å²) in [5.41, 5.74) is 0.797. The van der Waals surface area contributed by atoms with Gasteiger partial charge in [0.05, 0.1) is 10.6 Å². The van der Waals surface area contributed by atoms with Crippen molar-refractivity contribution in [3.8, 4) is 0 Å². The number of hydrogen-bond donors (Lipinski definition) is 2. The van der Waals surface area contributed by atoms with Crippen LogP contribution >= 0.6 is 15.9 Å². The summed E-state index contributed by atoms with van der Waals surface area (Å²) >= 11 is 3.09. The normalized spacial score (nSPS) is 12.6. The summed E-state index contributed by atoms with van der Waals surface area (Å²) in [5, 5.41) is 12.3. The summed E-state index contributed by atoms with van der Waals surface area (Å²) < 4.78 is 13.3. The molecule has 0 saturated carbocycles. The molecule has 2 N–H and O–H groups in total. The molecule has 1 rings (SSSR count). The second-order valence-corrected chi connectivity index (χ2v) is 3.93. The highest BCUT2D eigenvalue weighted by Gasteiger charge is 2.02. The van der Waals surface area contributed by atoms with Crippen molar-refractivity contribution < 1.29 is 9.50 Å². The van der Waals surface area contributed by atoms with Crippen molar-refractivity contribution in [3.05, 3.63) is 28.5 Å². The molecular weight excluding hydrogens is 249 g/mol. The quantitative estimate of drug-likeness (QED) is 0.874. The third-order valence-electron chi connectivity index (χ3n) is 1.93. The first-order chi connectivity index (χ1) is 6.63. The van der Waals surface area contributed by atoms with Crippen molar-refractivity contribution in [2.75, 3.05) is 11.9 Å². The maximum absolute atomic E-state index is 12.8. The third-order valence-corrected chi connectivity index (χ3v) is 2.54. The largest absolute Gasteiger partial charge is 0.391 e. The maximum atomic E-state index is 12.8. The van der Waals surface area contributed by atoms with E-state index < -0.39 is 0 Å². The zero-order chi connectivity index (χ0) is 10.6. The van der Waals surface area contributed by atoms with E-state index in [1.807, 2.05) is 6.92 Å². The van der Waals surface area contributed by atoms with Crippen LogP contribution in [-0.2, 0) is 0 Å². The Kier molecular flexibility index (Phi) is 4.35. The van der Waals surface area contributed by atoms with Crippen molar-refractivity contribution >= 4 is 21.6 Å². The Balaban J connectivity index is 2.55. The fourth-order valence-electron chi connectivity index (χ4n) is 0.986. The summed E-state index contributed by atoms with van der Waals surface area (Å²) in [6.07, 6.45) is 0.342. The lowest BCUT2D eigenvalue weighted by Gasteiger charge is -2.10. The van der Waals surface area contributed by atoms with Gasteiger partial charge in [-0.05, 0) is 40.5 Å². The summed E-state index contributed by atoms with van der Waals surface area (Å²) in [6.45, 7) is 2.39. The second-order valence-electron chi connectivity index (χ2n) is 3.07. The highest BCUT2D eigenvalue weighted by atomic mass is 79.9. The number of anilines is 1. The minimum absolute atomic E-state index is 0.286. The molecule has 4 heteroatoms. The predicted octanol–water partition coefficient (Wildman–Crippen LogP) is 2.77. The average Bonchev–Trinajstić information content (AvgIpc) is 2.19. The predicted molar refractivity (Wildman–Crippen MR) is 58.9 cm³/mol. The van der Waals surface area contributed by atoms with E-state index in [1.54, 1.807) is 12.1 Å². The lowest BCUT2D eigenvalue weighted by Crippen LogP contribution is -2.18. The Bertz CT molecular complexity index is 306. The van der Waals surface area contributed by atoms with Crippen molar-refractivity contribution in [3.63, 3.8) is 0 Å². The number of halogens is 2. The van der Waals surface area contributed by atoms with Gasteiger partial charge < -0.3 is 10.4 Å². The molecule has 0 unspecified atom stereocenters. The first kappa shape index (κ1) is 11.5. The molecule has 0 radical (unpaired) electrons. The van der Waals surface area contributed by atoms with E-state index in [-0.39, 0.29) is 11.9 Å². The average molecular weight is 262 g/mol. The van der Waals surface area contributed by atoms with Crippen molar-refractivity contribution in [1.29, 1.82) is 0 Å².